The zero-order valence-electron chi connectivity index (χ0n) is 14.4. The van der Waals surface area contributed by atoms with Gasteiger partial charge in [-0.25, -0.2) is 0 Å². The van der Waals surface area contributed by atoms with E-state index in [9.17, 15) is 0 Å². The fourth-order valence-electron chi connectivity index (χ4n) is 3.61. The van der Waals surface area contributed by atoms with E-state index in [0.29, 0.717) is 6.04 Å². The maximum atomic E-state index is 3.83. The maximum absolute atomic E-state index is 3.83. The second-order valence-corrected chi connectivity index (χ2v) is 6.95. The molecule has 0 fully saturated rings. The van der Waals surface area contributed by atoms with Gasteiger partial charge < -0.3 is 10.2 Å². The second-order valence-electron chi connectivity index (χ2n) is 6.95. The van der Waals surface area contributed by atoms with Crippen LogP contribution < -0.4 is 5.32 Å². The molecule has 1 aliphatic rings. The number of hydrogen-bond donors (Lipinski definition) is 1. The van der Waals surface area contributed by atoms with Gasteiger partial charge in [-0.15, -0.1) is 0 Å². The Morgan fingerprint density at radius 1 is 1.29 bits per heavy atom. The Bertz CT molecular complexity index is 455. The summed E-state index contributed by atoms with van der Waals surface area (Å²) in [4.78, 5) is 2.41. The van der Waals surface area contributed by atoms with Crippen molar-refractivity contribution in [3.05, 3.63) is 35.4 Å². The topological polar surface area (TPSA) is 15.3 Å². The van der Waals surface area contributed by atoms with E-state index in [0.717, 1.165) is 12.5 Å². The molecule has 21 heavy (non-hydrogen) atoms. The van der Waals surface area contributed by atoms with Crippen LogP contribution in [0.2, 0.25) is 0 Å². The monoisotopic (exact) mass is 288 g/mol. The van der Waals surface area contributed by atoms with Crippen molar-refractivity contribution in [1.82, 2.24) is 10.2 Å². The van der Waals surface area contributed by atoms with Gasteiger partial charge in [-0.2, -0.15) is 0 Å². The van der Waals surface area contributed by atoms with Crippen molar-refractivity contribution in [3.8, 4) is 0 Å². The van der Waals surface area contributed by atoms with Gasteiger partial charge in [0.05, 0.1) is 0 Å². The third-order valence-electron chi connectivity index (χ3n) is 5.61. The first kappa shape index (κ1) is 16.5. The van der Waals surface area contributed by atoms with E-state index in [4.69, 9.17) is 0 Å². The number of hydrogen-bond acceptors (Lipinski definition) is 2. The fourth-order valence-corrected chi connectivity index (χ4v) is 3.61. The molecule has 1 aliphatic carbocycles. The van der Waals surface area contributed by atoms with Gasteiger partial charge in [0, 0.05) is 11.6 Å². The standard InChI is InChI=1S/C19H32N2/c1-6-12-20-18(19(3,7-2)21(4)5)14-16-13-15-10-8-9-11-17(15)16/h8-11,16,18,20H,6-7,12-14H2,1-5H3. The molecular weight excluding hydrogens is 256 g/mol. The van der Waals surface area contributed by atoms with Gasteiger partial charge in [0.25, 0.3) is 0 Å². The van der Waals surface area contributed by atoms with Crippen LogP contribution in [0.5, 0.6) is 0 Å². The van der Waals surface area contributed by atoms with Crippen molar-refractivity contribution in [3.63, 3.8) is 0 Å². The number of nitrogens with one attached hydrogen (secondary N) is 1. The Balaban J connectivity index is 2.11. The average molecular weight is 288 g/mol. The number of fused-ring (bicyclic) bond motifs is 1. The highest BCUT2D eigenvalue weighted by Crippen LogP contribution is 2.40. The molecule has 1 aromatic rings. The molecule has 0 aliphatic heterocycles. The van der Waals surface area contributed by atoms with Crippen LogP contribution in [0.4, 0.5) is 0 Å². The minimum absolute atomic E-state index is 0.222. The van der Waals surface area contributed by atoms with Gasteiger partial charge in [0.1, 0.15) is 0 Å². The SMILES string of the molecule is CCCNC(CC1Cc2ccccc21)C(C)(CC)N(C)C. The lowest BCUT2D eigenvalue weighted by molar-refractivity contribution is 0.102. The molecule has 3 unspecified atom stereocenters. The quantitative estimate of drug-likeness (QED) is 0.782. The number of nitrogens with zero attached hydrogens (tertiary/aromatic N) is 1. The van der Waals surface area contributed by atoms with E-state index in [1.165, 1.54) is 25.7 Å². The third-order valence-corrected chi connectivity index (χ3v) is 5.61. The lowest BCUT2D eigenvalue weighted by atomic mass is 9.71. The Morgan fingerprint density at radius 2 is 2.00 bits per heavy atom. The Hall–Kier alpha value is -0.860. The lowest BCUT2D eigenvalue weighted by Crippen LogP contribution is -2.57. The summed E-state index contributed by atoms with van der Waals surface area (Å²) in [5.41, 5.74) is 3.36. The van der Waals surface area contributed by atoms with Gasteiger partial charge in [0.2, 0.25) is 0 Å². The van der Waals surface area contributed by atoms with Gasteiger partial charge in [-0.3, -0.25) is 0 Å². The largest absolute Gasteiger partial charge is 0.312 e. The minimum atomic E-state index is 0.222. The first-order chi connectivity index (χ1) is 10.0. The predicted molar refractivity (Wildman–Crippen MR) is 92.0 cm³/mol. The maximum Gasteiger partial charge on any atom is 0.0325 e. The third kappa shape index (κ3) is 3.32. The van der Waals surface area contributed by atoms with Crippen molar-refractivity contribution in [2.24, 2.45) is 0 Å². The molecule has 0 amide bonds. The molecule has 0 spiro atoms. The van der Waals surface area contributed by atoms with E-state index >= 15 is 0 Å². The van der Waals surface area contributed by atoms with Crippen molar-refractivity contribution >= 4 is 0 Å². The Kier molecular flexibility index (Phi) is 5.45. The molecule has 2 nitrogen and oxygen atoms in total. The number of rotatable bonds is 8. The summed E-state index contributed by atoms with van der Waals surface area (Å²) in [5.74, 6) is 0.737. The van der Waals surface area contributed by atoms with Crippen LogP contribution >= 0.6 is 0 Å². The molecule has 2 heteroatoms. The number of benzene rings is 1. The van der Waals surface area contributed by atoms with E-state index in [-0.39, 0.29) is 5.54 Å². The van der Waals surface area contributed by atoms with Crippen LogP contribution in [0.3, 0.4) is 0 Å². The van der Waals surface area contributed by atoms with E-state index in [1.807, 2.05) is 0 Å². The van der Waals surface area contributed by atoms with Gasteiger partial charge in [-0.1, -0.05) is 38.1 Å². The van der Waals surface area contributed by atoms with Crippen LogP contribution in [-0.2, 0) is 6.42 Å². The molecule has 0 saturated heterocycles. The van der Waals surface area contributed by atoms with E-state index < -0.39 is 0 Å². The molecule has 118 valence electrons. The molecule has 0 heterocycles. The Labute approximate surface area is 130 Å². The van der Waals surface area contributed by atoms with Crippen LogP contribution in [0.25, 0.3) is 0 Å². The van der Waals surface area contributed by atoms with Gasteiger partial charge in [0.15, 0.2) is 0 Å². The highest BCUT2D eigenvalue weighted by Gasteiger charge is 2.38. The van der Waals surface area contributed by atoms with Crippen LogP contribution in [-0.4, -0.2) is 37.1 Å². The Morgan fingerprint density at radius 3 is 2.57 bits per heavy atom. The summed E-state index contributed by atoms with van der Waals surface area (Å²) in [6.45, 7) is 8.09. The summed E-state index contributed by atoms with van der Waals surface area (Å²) < 4.78 is 0. The van der Waals surface area contributed by atoms with Crippen molar-refractivity contribution in [2.75, 3.05) is 20.6 Å². The van der Waals surface area contributed by atoms with Crippen LogP contribution in [0, 0.1) is 0 Å². The molecule has 0 radical (unpaired) electrons. The normalized spacial score (nSPS) is 21.5. The summed E-state index contributed by atoms with van der Waals surface area (Å²) in [7, 11) is 4.44. The fraction of sp³-hybridized carbons (Fsp3) is 0.684. The summed E-state index contributed by atoms with van der Waals surface area (Å²) in [6, 6.07) is 9.50. The molecule has 0 bridgehead atoms. The predicted octanol–water partition coefficient (Wildman–Crippen LogP) is 3.81. The van der Waals surface area contributed by atoms with E-state index in [1.54, 1.807) is 11.1 Å². The summed E-state index contributed by atoms with van der Waals surface area (Å²) in [5, 5.41) is 3.83. The second kappa shape index (κ2) is 6.93. The average Bonchev–Trinajstić information content (AvgIpc) is 2.46. The summed E-state index contributed by atoms with van der Waals surface area (Å²) in [6.07, 6.45) is 4.88. The highest BCUT2D eigenvalue weighted by atomic mass is 15.2. The minimum Gasteiger partial charge on any atom is -0.312 e. The molecule has 2 rings (SSSR count). The van der Waals surface area contributed by atoms with Crippen molar-refractivity contribution < 1.29 is 0 Å². The molecule has 1 N–H and O–H groups in total. The smallest absolute Gasteiger partial charge is 0.0325 e. The van der Waals surface area contributed by atoms with Gasteiger partial charge in [-0.05, 0) is 70.3 Å². The highest BCUT2D eigenvalue weighted by molar-refractivity contribution is 5.40. The van der Waals surface area contributed by atoms with Crippen molar-refractivity contribution in [1.29, 1.82) is 0 Å². The summed E-state index contributed by atoms with van der Waals surface area (Å²) >= 11 is 0. The molecule has 1 aromatic carbocycles. The molecule has 3 atom stereocenters. The van der Waals surface area contributed by atoms with Crippen molar-refractivity contribution in [2.45, 2.75) is 64.0 Å². The number of likely N-dealkylation sites (N-methyl/N-ethyl adjacent to an activating group) is 1. The van der Waals surface area contributed by atoms with Crippen LogP contribution in [0.15, 0.2) is 24.3 Å². The molecule has 0 aromatic heterocycles. The molecular formula is C19H32N2. The van der Waals surface area contributed by atoms with E-state index in [2.05, 4.69) is 69.3 Å². The molecule has 0 saturated carbocycles. The van der Waals surface area contributed by atoms with Gasteiger partial charge >= 0.3 is 0 Å². The first-order valence-electron chi connectivity index (χ1n) is 8.51. The first-order valence-corrected chi connectivity index (χ1v) is 8.51. The van der Waals surface area contributed by atoms with Crippen LogP contribution in [0.1, 0.15) is 57.1 Å². The zero-order chi connectivity index (χ0) is 15.5. The lowest BCUT2D eigenvalue weighted by Gasteiger charge is -2.46. The zero-order valence-corrected chi connectivity index (χ0v) is 14.4.